The average molecular weight is 303 g/mol. The number of aromatic nitrogens is 1. The first kappa shape index (κ1) is 15.7. The lowest BCUT2D eigenvalue weighted by atomic mass is 10.1. The van der Waals surface area contributed by atoms with Crippen molar-refractivity contribution in [2.75, 3.05) is 25.2 Å². The molecule has 0 aliphatic carbocycles. The molecule has 0 saturated heterocycles. The van der Waals surface area contributed by atoms with E-state index in [1.807, 2.05) is 18.2 Å². The molecule has 112 valence electrons. The van der Waals surface area contributed by atoms with Crippen molar-refractivity contribution < 1.29 is 4.74 Å². The third-order valence-corrected chi connectivity index (χ3v) is 3.80. The Morgan fingerprint density at radius 1 is 1.43 bits per heavy atom. The van der Waals surface area contributed by atoms with Gasteiger partial charge in [0.05, 0.1) is 23.4 Å². The molecule has 5 heteroatoms. The maximum atomic E-state index is 5.91. The van der Waals surface area contributed by atoms with E-state index in [1.54, 1.807) is 13.3 Å². The number of thiocarbonyl (C=S) groups is 1. The number of pyridine rings is 1. The van der Waals surface area contributed by atoms with Gasteiger partial charge in [-0.25, -0.2) is 0 Å². The Morgan fingerprint density at radius 3 is 2.76 bits per heavy atom. The molecule has 0 aliphatic heterocycles. The quantitative estimate of drug-likeness (QED) is 0.832. The highest BCUT2D eigenvalue weighted by molar-refractivity contribution is 7.80. The summed E-state index contributed by atoms with van der Waals surface area (Å²) in [7, 11) is 1.71. The van der Waals surface area contributed by atoms with Gasteiger partial charge in [-0.05, 0) is 19.9 Å². The Labute approximate surface area is 130 Å². The van der Waals surface area contributed by atoms with Gasteiger partial charge in [0.2, 0.25) is 0 Å². The highest BCUT2D eigenvalue weighted by Gasteiger charge is 2.20. The number of nitrogens with two attached hydrogens (primary N) is 1. The minimum atomic E-state index is 0.221. The number of nitrogens with zero attached hydrogens (tertiary/aromatic N) is 2. The molecule has 0 bridgehead atoms. The van der Waals surface area contributed by atoms with E-state index < -0.39 is 0 Å². The number of anilines is 1. The minimum Gasteiger partial charge on any atom is -0.389 e. The first-order chi connectivity index (χ1) is 10.1. The van der Waals surface area contributed by atoms with Gasteiger partial charge in [0.25, 0.3) is 0 Å². The minimum absolute atomic E-state index is 0.221. The molecule has 0 radical (unpaired) electrons. The topological polar surface area (TPSA) is 51.4 Å². The van der Waals surface area contributed by atoms with Crippen LogP contribution in [0.5, 0.6) is 0 Å². The third-order valence-electron chi connectivity index (χ3n) is 3.58. The predicted octanol–water partition coefficient (Wildman–Crippen LogP) is 2.73. The number of benzene rings is 1. The maximum absolute atomic E-state index is 5.91. The second-order valence-electron chi connectivity index (χ2n) is 4.99. The van der Waals surface area contributed by atoms with Crippen LogP contribution in [0.15, 0.2) is 30.5 Å². The number of likely N-dealkylation sites (N-methyl/N-ethyl adjacent to an activating group) is 1. The van der Waals surface area contributed by atoms with Crippen LogP contribution in [0.1, 0.15) is 19.4 Å². The highest BCUT2D eigenvalue weighted by Crippen LogP contribution is 2.31. The zero-order valence-corrected chi connectivity index (χ0v) is 13.5. The second-order valence-corrected chi connectivity index (χ2v) is 5.43. The molecule has 4 nitrogen and oxygen atoms in total. The van der Waals surface area contributed by atoms with Gasteiger partial charge in [-0.2, -0.15) is 0 Å². The van der Waals surface area contributed by atoms with E-state index in [2.05, 4.69) is 29.8 Å². The number of ether oxygens (including phenoxy) is 1. The molecule has 0 fully saturated rings. The molecule has 2 N–H and O–H groups in total. The third kappa shape index (κ3) is 3.14. The van der Waals surface area contributed by atoms with Crippen molar-refractivity contribution in [1.29, 1.82) is 0 Å². The smallest absolute Gasteiger partial charge is 0.107 e. The Kier molecular flexibility index (Phi) is 5.09. The summed E-state index contributed by atoms with van der Waals surface area (Å²) < 4.78 is 5.30. The summed E-state index contributed by atoms with van der Waals surface area (Å²) in [5.41, 5.74) is 8.70. The average Bonchev–Trinajstić information content (AvgIpc) is 2.48. The van der Waals surface area contributed by atoms with Gasteiger partial charge in [0.1, 0.15) is 4.99 Å². The molecular weight excluding hydrogens is 282 g/mol. The molecule has 1 atom stereocenters. The molecule has 0 saturated carbocycles. The van der Waals surface area contributed by atoms with Gasteiger partial charge in [-0.3, -0.25) is 4.98 Å². The molecule has 1 aromatic heterocycles. The summed E-state index contributed by atoms with van der Waals surface area (Å²) in [5.74, 6) is 0. The number of hydrogen-bond acceptors (Lipinski definition) is 4. The van der Waals surface area contributed by atoms with E-state index in [-0.39, 0.29) is 6.04 Å². The highest BCUT2D eigenvalue weighted by atomic mass is 32.1. The molecule has 1 aromatic carbocycles. The molecule has 2 aromatic rings. The normalized spacial score (nSPS) is 12.3. The van der Waals surface area contributed by atoms with E-state index in [0.29, 0.717) is 11.6 Å². The van der Waals surface area contributed by atoms with Crippen LogP contribution in [0.3, 0.4) is 0 Å². The zero-order valence-electron chi connectivity index (χ0n) is 12.7. The number of para-hydroxylation sites is 1. The summed E-state index contributed by atoms with van der Waals surface area (Å²) in [4.78, 5) is 7.09. The first-order valence-electron chi connectivity index (χ1n) is 7.03. The fraction of sp³-hybridized carbons (Fsp3) is 0.375. The fourth-order valence-corrected chi connectivity index (χ4v) is 2.79. The van der Waals surface area contributed by atoms with Crippen molar-refractivity contribution in [1.82, 2.24) is 4.98 Å². The zero-order chi connectivity index (χ0) is 15.4. The van der Waals surface area contributed by atoms with Crippen LogP contribution in [-0.4, -0.2) is 36.3 Å². The SMILES string of the molecule is CCN(c1c(C(N)=S)cnc2ccccc12)C(C)COC. The van der Waals surface area contributed by atoms with Crippen LogP contribution in [0.2, 0.25) is 0 Å². The van der Waals surface area contributed by atoms with E-state index in [4.69, 9.17) is 22.7 Å². The summed E-state index contributed by atoms with van der Waals surface area (Å²) >= 11 is 5.21. The van der Waals surface area contributed by atoms with E-state index in [9.17, 15) is 0 Å². The number of hydrogen-bond donors (Lipinski definition) is 1. The molecule has 2 rings (SSSR count). The van der Waals surface area contributed by atoms with E-state index >= 15 is 0 Å². The molecule has 0 aliphatic rings. The van der Waals surface area contributed by atoms with Crippen LogP contribution >= 0.6 is 12.2 Å². The second kappa shape index (κ2) is 6.83. The molecule has 1 heterocycles. The first-order valence-corrected chi connectivity index (χ1v) is 7.44. The van der Waals surface area contributed by atoms with Crippen LogP contribution in [0.4, 0.5) is 5.69 Å². The van der Waals surface area contributed by atoms with Crippen LogP contribution in [-0.2, 0) is 4.74 Å². The van der Waals surface area contributed by atoms with Crippen molar-refractivity contribution in [3.05, 3.63) is 36.0 Å². The van der Waals surface area contributed by atoms with Gasteiger partial charge in [-0.15, -0.1) is 0 Å². The van der Waals surface area contributed by atoms with Crippen molar-refractivity contribution >= 4 is 33.8 Å². The monoisotopic (exact) mass is 303 g/mol. The summed E-state index contributed by atoms with van der Waals surface area (Å²) in [6.07, 6.45) is 1.77. The van der Waals surface area contributed by atoms with Gasteiger partial charge in [0.15, 0.2) is 0 Å². The lowest BCUT2D eigenvalue weighted by molar-refractivity contribution is 0.182. The van der Waals surface area contributed by atoms with Crippen molar-refractivity contribution in [2.24, 2.45) is 5.73 Å². The largest absolute Gasteiger partial charge is 0.389 e. The molecule has 21 heavy (non-hydrogen) atoms. The van der Waals surface area contributed by atoms with Crippen LogP contribution in [0, 0.1) is 0 Å². The van der Waals surface area contributed by atoms with Crippen molar-refractivity contribution in [3.63, 3.8) is 0 Å². The van der Waals surface area contributed by atoms with Crippen molar-refractivity contribution in [3.8, 4) is 0 Å². The Balaban J connectivity index is 2.67. The van der Waals surface area contributed by atoms with Crippen LogP contribution in [0.25, 0.3) is 10.9 Å². The molecule has 0 amide bonds. The van der Waals surface area contributed by atoms with E-state index in [1.165, 1.54) is 0 Å². The molecule has 1 unspecified atom stereocenters. The maximum Gasteiger partial charge on any atom is 0.107 e. The Hall–Kier alpha value is -1.72. The van der Waals surface area contributed by atoms with Gasteiger partial charge in [-0.1, -0.05) is 30.4 Å². The number of fused-ring (bicyclic) bond motifs is 1. The van der Waals surface area contributed by atoms with Gasteiger partial charge < -0.3 is 15.4 Å². The molecular formula is C16H21N3OS. The van der Waals surface area contributed by atoms with E-state index in [0.717, 1.165) is 28.7 Å². The van der Waals surface area contributed by atoms with Gasteiger partial charge in [0, 0.05) is 31.3 Å². The van der Waals surface area contributed by atoms with Gasteiger partial charge >= 0.3 is 0 Å². The molecule has 0 spiro atoms. The van der Waals surface area contributed by atoms with Crippen LogP contribution < -0.4 is 10.6 Å². The van der Waals surface area contributed by atoms with Crippen molar-refractivity contribution in [2.45, 2.75) is 19.9 Å². The lowest BCUT2D eigenvalue weighted by Crippen LogP contribution is -2.37. The lowest BCUT2D eigenvalue weighted by Gasteiger charge is -2.32. The summed E-state index contributed by atoms with van der Waals surface area (Å²) in [5, 5.41) is 1.06. The predicted molar refractivity (Wildman–Crippen MR) is 92.0 cm³/mol. The number of rotatable bonds is 6. The summed E-state index contributed by atoms with van der Waals surface area (Å²) in [6, 6.07) is 8.26. The number of methoxy groups -OCH3 is 1. The standard InChI is InChI=1S/C16H21N3OS/c1-4-19(11(2)10-20-3)15-12-7-5-6-8-14(12)18-9-13(15)16(17)21/h5-9,11H,4,10H2,1-3H3,(H2,17,21). The Morgan fingerprint density at radius 2 is 2.14 bits per heavy atom. The summed E-state index contributed by atoms with van der Waals surface area (Å²) in [6.45, 7) is 5.73. The fourth-order valence-electron chi connectivity index (χ4n) is 2.64. The Bertz CT molecular complexity index is 644.